The molecule has 0 spiro atoms. The minimum absolute atomic E-state index is 0.0409. The fraction of sp³-hybridized carbons (Fsp3) is 0.100. The molecule has 0 radical (unpaired) electrons. The van der Waals surface area contributed by atoms with Crippen LogP contribution in [0.1, 0.15) is 11.1 Å². The Labute approximate surface area is 136 Å². The van der Waals surface area contributed by atoms with E-state index >= 15 is 0 Å². The molecular weight excluding hydrogens is 284 g/mol. The second kappa shape index (κ2) is 6.88. The second-order valence-electron chi connectivity index (χ2n) is 5.48. The predicted molar refractivity (Wildman–Crippen MR) is 93.2 cm³/mol. The zero-order valence-electron chi connectivity index (χ0n) is 13.0. The van der Waals surface area contributed by atoms with Crippen LogP contribution >= 0.6 is 0 Å². The van der Waals surface area contributed by atoms with Gasteiger partial charge in [0, 0.05) is 18.1 Å². The summed E-state index contributed by atoms with van der Waals surface area (Å²) in [4.78, 5) is 16.2. The number of nitrogens with zero attached hydrogens (tertiary/aromatic N) is 1. The largest absolute Gasteiger partial charge is 0.326 e. The predicted octanol–water partition coefficient (Wildman–Crippen LogP) is 4.24. The average Bonchev–Trinajstić information content (AvgIpc) is 2.58. The summed E-state index contributed by atoms with van der Waals surface area (Å²) in [5.74, 6) is -0.0409. The molecule has 3 aromatic rings. The molecule has 0 aliphatic heterocycles. The fourth-order valence-electron chi connectivity index (χ4n) is 2.52. The van der Waals surface area contributed by atoms with Gasteiger partial charge in [0.15, 0.2) is 0 Å². The number of hydrogen-bond acceptors (Lipinski definition) is 2. The summed E-state index contributed by atoms with van der Waals surface area (Å²) >= 11 is 0. The van der Waals surface area contributed by atoms with Crippen LogP contribution in [0.15, 0.2) is 73.1 Å². The number of amides is 1. The third kappa shape index (κ3) is 3.83. The van der Waals surface area contributed by atoms with Gasteiger partial charge in [-0.2, -0.15) is 0 Å². The Bertz CT molecular complexity index is 798. The molecule has 0 aliphatic carbocycles. The molecule has 2 aromatic carbocycles. The Morgan fingerprint density at radius 1 is 1.04 bits per heavy atom. The van der Waals surface area contributed by atoms with Gasteiger partial charge in [0.05, 0.1) is 6.42 Å². The van der Waals surface area contributed by atoms with Gasteiger partial charge < -0.3 is 5.32 Å². The van der Waals surface area contributed by atoms with Crippen LogP contribution in [-0.2, 0) is 11.2 Å². The lowest BCUT2D eigenvalue weighted by Crippen LogP contribution is -2.14. The van der Waals surface area contributed by atoms with Crippen LogP contribution in [0.3, 0.4) is 0 Å². The highest BCUT2D eigenvalue weighted by Crippen LogP contribution is 2.26. The highest BCUT2D eigenvalue weighted by Gasteiger charge is 2.07. The maximum absolute atomic E-state index is 12.2. The summed E-state index contributed by atoms with van der Waals surface area (Å²) in [6.07, 6.45) is 3.74. The molecule has 1 N–H and O–H groups in total. The Hall–Kier alpha value is -2.94. The molecule has 1 heterocycles. The first-order valence-electron chi connectivity index (χ1n) is 7.57. The topological polar surface area (TPSA) is 42.0 Å². The molecule has 0 saturated carbocycles. The average molecular weight is 302 g/mol. The van der Waals surface area contributed by atoms with Crippen LogP contribution in [0.5, 0.6) is 0 Å². The minimum Gasteiger partial charge on any atom is -0.326 e. The van der Waals surface area contributed by atoms with E-state index in [4.69, 9.17) is 0 Å². The number of anilines is 1. The van der Waals surface area contributed by atoms with Crippen molar-refractivity contribution in [3.63, 3.8) is 0 Å². The maximum Gasteiger partial charge on any atom is 0.228 e. The molecular formula is C20H18N2O. The van der Waals surface area contributed by atoms with Gasteiger partial charge in [-0.15, -0.1) is 0 Å². The summed E-state index contributed by atoms with van der Waals surface area (Å²) in [6.45, 7) is 2.07. The number of hydrogen-bond donors (Lipinski definition) is 1. The molecule has 0 bridgehead atoms. The van der Waals surface area contributed by atoms with E-state index in [2.05, 4.69) is 29.4 Å². The third-order valence-corrected chi connectivity index (χ3v) is 3.69. The molecule has 1 aromatic heterocycles. The smallest absolute Gasteiger partial charge is 0.228 e. The highest BCUT2D eigenvalue weighted by molar-refractivity contribution is 5.93. The lowest BCUT2D eigenvalue weighted by atomic mass is 10.00. The van der Waals surface area contributed by atoms with E-state index in [-0.39, 0.29) is 5.91 Å². The Morgan fingerprint density at radius 3 is 2.61 bits per heavy atom. The van der Waals surface area contributed by atoms with E-state index in [1.165, 1.54) is 5.56 Å². The second-order valence-corrected chi connectivity index (χ2v) is 5.48. The van der Waals surface area contributed by atoms with E-state index in [1.807, 2.05) is 48.5 Å². The van der Waals surface area contributed by atoms with Gasteiger partial charge in [0.2, 0.25) is 5.91 Å². The molecule has 3 nitrogen and oxygen atoms in total. The Morgan fingerprint density at radius 2 is 1.87 bits per heavy atom. The molecule has 0 fully saturated rings. The van der Waals surface area contributed by atoms with Gasteiger partial charge in [-0.3, -0.25) is 9.78 Å². The number of pyridine rings is 1. The van der Waals surface area contributed by atoms with Crippen molar-refractivity contribution in [2.45, 2.75) is 13.3 Å². The van der Waals surface area contributed by atoms with Crippen molar-refractivity contribution < 1.29 is 4.79 Å². The highest BCUT2D eigenvalue weighted by atomic mass is 16.1. The first-order chi connectivity index (χ1) is 11.2. The molecule has 0 aliphatic rings. The van der Waals surface area contributed by atoms with Gasteiger partial charge in [-0.1, -0.05) is 42.5 Å². The zero-order valence-corrected chi connectivity index (χ0v) is 13.0. The van der Waals surface area contributed by atoms with Crippen LogP contribution in [0, 0.1) is 6.92 Å². The van der Waals surface area contributed by atoms with E-state index in [1.54, 1.807) is 12.4 Å². The van der Waals surface area contributed by atoms with Crippen molar-refractivity contribution in [2.75, 3.05) is 5.32 Å². The summed E-state index contributed by atoms with van der Waals surface area (Å²) < 4.78 is 0. The van der Waals surface area contributed by atoms with Crippen LogP contribution in [0.25, 0.3) is 11.1 Å². The molecule has 0 saturated heterocycles. The van der Waals surface area contributed by atoms with Crippen molar-refractivity contribution in [2.24, 2.45) is 0 Å². The first-order valence-corrected chi connectivity index (χ1v) is 7.57. The Balaban J connectivity index is 1.77. The standard InChI is InChI=1S/C20H18N2O/c1-15-9-10-18(13-19(15)17-7-3-2-4-8-17)22-20(23)12-16-6-5-11-21-14-16/h2-11,13-14H,12H2,1H3,(H,22,23). The molecule has 1 amide bonds. The number of carbonyl (C=O) groups excluding carboxylic acids is 1. The van der Waals surface area contributed by atoms with Crippen molar-refractivity contribution in [1.29, 1.82) is 0 Å². The number of aryl methyl sites for hydroxylation is 1. The van der Waals surface area contributed by atoms with Crippen molar-refractivity contribution in [1.82, 2.24) is 4.98 Å². The zero-order chi connectivity index (χ0) is 16.1. The monoisotopic (exact) mass is 302 g/mol. The molecule has 3 rings (SSSR count). The van der Waals surface area contributed by atoms with E-state index in [9.17, 15) is 4.79 Å². The van der Waals surface area contributed by atoms with Crippen LogP contribution < -0.4 is 5.32 Å². The van der Waals surface area contributed by atoms with Crippen LogP contribution in [-0.4, -0.2) is 10.9 Å². The number of aromatic nitrogens is 1. The lowest BCUT2D eigenvalue weighted by molar-refractivity contribution is -0.115. The summed E-state index contributed by atoms with van der Waals surface area (Å²) in [6, 6.07) is 19.9. The van der Waals surface area contributed by atoms with Gasteiger partial charge in [-0.25, -0.2) is 0 Å². The van der Waals surface area contributed by atoms with Gasteiger partial charge >= 0.3 is 0 Å². The SMILES string of the molecule is Cc1ccc(NC(=O)Cc2cccnc2)cc1-c1ccccc1. The summed E-state index contributed by atoms with van der Waals surface area (Å²) in [5, 5.41) is 2.96. The number of nitrogens with one attached hydrogen (secondary N) is 1. The van der Waals surface area contributed by atoms with Gasteiger partial charge in [0.1, 0.15) is 0 Å². The van der Waals surface area contributed by atoms with Crippen molar-refractivity contribution in [3.05, 3.63) is 84.2 Å². The summed E-state index contributed by atoms with van der Waals surface area (Å²) in [7, 11) is 0. The third-order valence-electron chi connectivity index (χ3n) is 3.69. The van der Waals surface area contributed by atoms with E-state index in [0.717, 1.165) is 22.4 Å². The Kier molecular flexibility index (Phi) is 4.48. The van der Waals surface area contributed by atoms with E-state index in [0.29, 0.717) is 6.42 Å². The van der Waals surface area contributed by atoms with Crippen LogP contribution in [0.4, 0.5) is 5.69 Å². The van der Waals surface area contributed by atoms with Gasteiger partial charge in [0.25, 0.3) is 0 Å². The van der Waals surface area contributed by atoms with Crippen molar-refractivity contribution in [3.8, 4) is 11.1 Å². The molecule has 0 atom stereocenters. The van der Waals surface area contributed by atoms with E-state index < -0.39 is 0 Å². The first kappa shape index (κ1) is 15.0. The number of benzene rings is 2. The van der Waals surface area contributed by atoms with Gasteiger partial charge in [-0.05, 0) is 47.4 Å². The quantitative estimate of drug-likeness (QED) is 0.783. The normalized spacial score (nSPS) is 10.3. The minimum atomic E-state index is -0.0409. The molecule has 0 unspecified atom stereocenters. The maximum atomic E-state index is 12.2. The molecule has 23 heavy (non-hydrogen) atoms. The van der Waals surface area contributed by atoms with Crippen molar-refractivity contribution >= 4 is 11.6 Å². The molecule has 114 valence electrons. The summed E-state index contributed by atoms with van der Waals surface area (Å²) in [5.41, 5.74) is 5.17. The van der Waals surface area contributed by atoms with Crippen LogP contribution in [0.2, 0.25) is 0 Å². The fourth-order valence-corrected chi connectivity index (χ4v) is 2.52. The number of carbonyl (C=O) groups is 1. The molecule has 3 heteroatoms. The lowest BCUT2D eigenvalue weighted by Gasteiger charge is -2.10. The number of rotatable bonds is 4.